The molecule has 2 atom stereocenters. The van der Waals surface area contributed by atoms with Crippen molar-refractivity contribution in [3.63, 3.8) is 0 Å². The Morgan fingerprint density at radius 3 is 2.41 bits per heavy atom. The molecule has 13 heteroatoms. The molecule has 0 spiro atoms. The van der Waals surface area contributed by atoms with Crippen molar-refractivity contribution in [1.82, 2.24) is 30.1 Å². The van der Waals surface area contributed by atoms with Gasteiger partial charge in [0.2, 0.25) is 5.91 Å². The molecule has 0 bridgehead atoms. The number of β-lactam (4-membered cyclic amide) rings is 1. The first-order valence-corrected chi connectivity index (χ1v) is 12.3. The lowest BCUT2D eigenvalue weighted by Crippen LogP contribution is -2.71. The van der Waals surface area contributed by atoms with Crippen LogP contribution in [0.4, 0.5) is 9.59 Å². The zero-order valence-corrected chi connectivity index (χ0v) is 21.4. The number of ether oxygens (including phenoxy) is 3. The molecule has 1 aromatic heterocycles. The summed E-state index contributed by atoms with van der Waals surface area (Å²) < 4.78 is 16.1. The van der Waals surface area contributed by atoms with E-state index in [0.29, 0.717) is 22.9 Å². The van der Waals surface area contributed by atoms with Crippen molar-refractivity contribution in [2.45, 2.75) is 44.9 Å². The van der Waals surface area contributed by atoms with Crippen LogP contribution < -0.4 is 14.8 Å². The minimum atomic E-state index is -1.04. The minimum Gasteiger partial charge on any atom is -0.497 e. The fourth-order valence-electron chi connectivity index (χ4n) is 4.68. The molecular weight excluding hydrogens is 508 g/mol. The van der Waals surface area contributed by atoms with E-state index >= 15 is 0 Å². The fourth-order valence-corrected chi connectivity index (χ4v) is 4.68. The number of rotatable bonds is 9. The summed E-state index contributed by atoms with van der Waals surface area (Å²) in [6.45, 7) is 0.775. The normalized spacial score (nSPS) is 17.8. The van der Waals surface area contributed by atoms with Gasteiger partial charge < -0.3 is 29.5 Å². The predicted octanol–water partition coefficient (Wildman–Crippen LogP) is 1.99. The number of hydrogen-bond donors (Lipinski definition) is 2. The zero-order valence-electron chi connectivity index (χ0n) is 21.4. The van der Waals surface area contributed by atoms with Gasteiger partial charge in [0.15, 0.2) is 0 Å². The van der Waals surface area contributed by atoms with Crippen LogP contribution in [0.1, 0.15) is 22.5 Å². The second kappa shape index (κ2) is 10.9. The van der Waals surface area contributed by atoms with Crippen LogP contribution in [0.5, 0.6) is 11.5 Å². The summed E-state index contributed by atoms with van der Waals surface area (Å²) in [7, 11) is 3.09. The molecule has 3 aromatic rings. The first-order chi connectivity index (χ1) is 18.9. The van der Waals surface area contributed by atoms with Gasteiger partial charge in [0.1, 0.15) is 35.5 Å². The number of methoxy groups -OCH3 is 2. The van der Waals surface area contributed by atoms with Gasteiger partial charge in [0.25, 0.3) is 0 Å². The average Bonchev–Trinajstić information content (AvgIpc) is 3.52. The number of amides is 3. The van der Waals surface area contributed by atoms with E-state index in [9.17, 15) is 19.5 Å². The first kappa shape index (κ1) is 25.8. The van der Waals surface area contributed by atoms with E-state index in [4.69, 9.17) is 14.2 Å². The number of likely N-dealkylation sites (tertiary alicyclic amines) is 1. The van der Waals surface area contributed by atoms with E-state index in [1.54, 1.807) is 24.1 Å². The van der Waals surface area contributed by atoms with Gasteiger partial charge in [-0.2, -0.15) is 15.0 Å². The Balaban J connectivity index is 1.31. The van der Waals surface area contributed by atoms with Crippen LogP contribution in [-0.4, -0.2) is 74.3 Å². The highest BCUT2D eigenvalue weighted by molar-refractivity contribution is 5.92. The van der Waals surface area contributed by atoms with Crippen molar-refractivity contribution >= 4 is 18.1 Å². The third-order valence-corrected chi connectivity index (χ3v) is 6.76. The molecule has 0 radical (unpaired) electrons. The van der Waals surface area contributed by atoms with Gasteiger partial charge in [0.05, 0.1) is 39.9 Å². The highest BCUT2D eigenvalue weighted by atomic mass is 16.5. The lowest BCUT2D eigenvalue weighted by molar-refractivity contribution is -0.153. The molecule has 2 aliphatic rings. The number of alkyl carbamates (subject to hydrolysis) is 1. The van der Waals surface area contributed by atoms with E-state index in [-0.39, 0.29) is 38.7 Å². The minimum absolute atomic E-state index is 0.0680. The Hall–Kier alpha value is -4.81. The number of nitrogens with zero attached hydrogens (tertiary/aromatic N) is 5. The summed E-state index contributed by atoms with van der Waals surface area (Å²) >= 11 is 0. The van der Waals surface area contributed by atoms with Gasteiger partial charge in [-0.05, 0) is 17.7 Å². The molecule has 3 heterocycles. The molecule has 39 heavy (non-hydrogen) atoms. The molecule has 204 valence electrons. The third-order valence-electron chi connectivity index (χ3n) is 6.76. The quantitative estimate of drug-likeness (QED) is 0.392. The van der Waals surface area contributed by atoms with Gasteiger partial charge in [-0.15, -0.1) is 0 Å². The van der Waals surface area contributed by atoms with Gasteiger partial charge in [0, 0.05) is 18.2 Å². The van der Waals surface area contributed by atoms with Crippen LogP contribution in [0.25, 0.3) is 0 Å². The van der Waals surface area contributed by atoms with Crippen molar-refractivity contribution in [3.8, 4) is 11.5 Å². The number of aromatic nitrogens is 3. The lowest BCUT2D eigenvalue weighted by atomic mass is 9.94. The third kappa shape index (κ3) is 5.42. The van der Waals surface area contributed by atoms with E-state index in [1.165, 1.54) is 16.8 Å². The van der Waals surface area contributed by atoms with E-state index < -0.39 is 24.3 Å². The van der Waals surface area contributed by atoms with Crippen LogP contribution in [0.3, 0.4) is 0 Å². The Kier molecular flexibility index (Phi) is 7.21. The maximum absolute atomic E-state index is 13.2. The van der Waals surface area contributed by atoms with Crippen molar-refractivity contribution in [3.05, 3.63) is 71.0 Å². The van der Waals surface area contributed by atoms with Crippen LogP contribution in [-0.2, 0) is 42.3 Å². The summed E-state index contributed by atoms with van der Waals surface area (Å²) in [5.41, 5.74) is 2.72. The van der Waals surface area contributed by atoms with Gasteiger partial charge in [-0.25, -0.2) is 9.59 Å². The van der Waals surface area contributed by atoms with Crippen molar-refractivity contribution < 1.29 is 33.7 Å². The molecule has 2 aliphatic heterocycles. The van der Waals surface area contributed by atoms with Crippen LogP contribution in [0, 0.1) is 0 Å². The highest BCUT2D eigenvalue weighted by Crippen LogP contribution is 2.31. The maximum Gasteiger partial charge on any atom is 0.408 e. The molecule has 2 aromatic carbocycles. The average molecular weight is 537 g/mol. The van der Waals surface area contributed by atoms with Gasteiger partial charge >= 0.3 is 12.2 Å². The van der Waals surface area contributed by atoms with Crippen LogP contribution >= 0.6 is 0 Å². The standard InChI is InChI=1S/C26H28N6O7/c1-37-18-9-8-17(22(10-18)38-2)11-31-21(14-32-28-19-12-30(26(35)36)13-20(19)29-32)23(24(31)33)27-25(34)39-15-16-6-4-3-5-7-16/h3-10,21,23H,11-15H2,1-2H3,(H,27,34)(H,35,36)/t21-,23+/m1/s1. The summed E-state index contributed by atoms with van der Waals surface area (Å²) in [6.07, 6.45) is -1.75. The largest absolute Gasteiger partial charge is 0.497 e. The Bertz CT molecular complexity index is 1350. The van der Waals surface area contributed by atoms with Crippen LogP contribution in [0.15, 0.2) is 48.5 Å². The highest BCUT2D eigenvalue weighted by Gasteiger charge is 2.49. The molecule has 1 saturated heterocycles. The Morgan fingerprint density at radius 1 is 1.05 bits per heavy atom. The molecular formula is C26H28N6O7. The molecule has 0 unspecified atom stereocenters. The number of carbonyl (C=O) groups excluding carboxylic acids is 2. The molecule has 0 aliphatic carbocycles. The number of hydrogen-bond acceptors (Lipinski definition) is 8. The van der Waals surface area contributed by atoms with Crippen molar-refractivity contribution in [2.24, 2.45) is 0 Å². The fraction of sp³-hybridized carbons (Fsp3) is 0.346. The predicted molar refractivity (Wildman–Crippen MR) is 135 cm³/mol. The topological polar surface area (TPSA) is 148 Å². The molecule has 1 fully saturated rings. The summed E-state index contributed by atoms with van der Waals surface area (Å²) in [4.78, 5) is 41.4. The van der Waals surface area contributed by atoms with Gasteiger partial charge in [-0.3, -0.25) is 9.69 Å². The molecule has 13 nitrogen and oxygen atoms in total. The second-order valence-corrected chi connectivity index (χ2v) is 9.18. The summed E-state index contributed by atoms with van der Waals surface area (Å²) in [6, 6.07) is 13.2. The maximum atomic E-state index is 13.2. The Labute approximate surface area is 223 Å². The number of fused-ring (bicyclic) bond motifs is 1. The number of carboxylic acid groups (broad SMARTS) is 1. The van der Waals surface area contributed by atoms with Crippen molar-refractivity contribution in [2.75, 3.05) is 14.2 Å². The monoisotopic (exact) mass is 536 g/mol. The molecule has 2 N–H and O–H groups in total. The second-order valence-electron chi connectivity index (χ2n) is 9.18. The molecule has 0 saturated carbocycles. The lowest BCUT2D eigenvalue weighted by Gasteiger charge is -2.46. The summed E-state index contributed by atoms with van der Waals surface area (Å²) in [5.74, 6) is 0.893. The van der Waals surface area contributed by atoms with E-state index in [2.05, 4.69) is 15.5 Å². The van der Waals surface area contributed by atoms with E-state index in [1.807, 2.05) is 36.4 Å². The van der Waals surface area contributed by atoms with Gasteiger partial charge in [-0.1, -0.05) is 30.3 Å². The number of benzene rings is 2. The van der Waals surface area contributed by atoms with E-state index in [0.717, 1.165) is 11.1 Å². The number of carbonyl (C=O) groups is 3. The molecule has 5 rings (SSSR count). The number of nitrogens with one attached hydrogen (secondary N) is 1. The SMILES string of the molecule is COc1ccc(CN2C(=O)[C@@H](NC(=O)OCc3ccccc3)[C@H]2Cn2nc3c(n2)CN(C(=O)O)C3)c(OC)c1. The van der Waals surface area contributed by atoms with Crippen molar-refractivity contribution in [1.29, 1.82) is 0 Å². The first-order valence-electron chi connectivity index (χ1n) is 12.3. The Morgan fingerprint density at radius 2 is 1.77 bits per heavy atom. The van der Waals surface area contributed by atoms with Crippen LogP contribution in [0.2, 0.25) is 0 Å². The summed E-state index contributed by atoms with van der Waals surface area (Å²) in [5, 5.41) is 20.8. The zero-order chi connectivity index (χ0) is 27.5. The smallest absolute Gasteiger partial charge is 0.408 e. The molecule has 3 amide bonds.